The number of aromatic nitrogens is 3. The maximum Gasteiger partial charge on any atom is 0.354 e. The van der Waals surface area contributed by atoms with Crippen LogP contribution < -0.4 is 5.32 Å². The lowest BCUT2D eigenvalue weighted by Gasteiger charge is -2.31. The van der Waals surface area contributed by atoms with Gasteiger partial charge in [-0.2, -0.15) is 0 Å². The van der Waals surface area contributed by atoms with Gasteiger partial charge in [0.15, 0.2) is 0 Å². The smallest absolute Gasteiger partial charge is 0.354 e. The van der Waals surface area contributed by atoms with E-state index in [0.29, 0.717) is 41.5 Å². The Morgan fingerprint density at radius 2 is 2.11 bits per heavy atom. The summed E-state index contributed by atoms with van der Waals surface area (Å²) in [5, 5.41) is 6.13. The predicted octanol–water partition coefficient (Wildman–Crippen LogP) is 4.21. The van der Waals surface area contributed by atoms with Gasteiger partial charge in [0, 0.05) is 49.6 Å². The zero-order valence-electron chi connectivity index (χ0n) is 20.1. The second-order valence-corrected chi connectivity index (χ2v) is 10.2. The molecule has 0 bridgehead atoms. The zero-order chi connectivity index (χ0) is 25.7. The van der Waals surface area contributed by atoms with E-state index in [0.717, 1.165) is 22.9 Å². The Bertz CT molecular complexity index is 1280. The first-order valence-electron chi connectivity index (χ1n) is 11.4. The molecule has 4 rings (SSSR count). The topological polar surface area (TPSA) is 106 Å². The van der Waals surface area contributed by atoms with Crippen molar-refractivity contribution in [2.45, 2.75) is 23.8 Å². The lowest BCUT2D eigenvalue weighted by molar-refractivity contribution is 0.0589. The van der Waals surface area contributed by atoms with Crippen LogP contribution in [0.4, 0.5) is 5.69 Å². The SMILES string of the molecule is C=CCSc1ncccc1C(=O)N1CCC(c2nc(C(=O)Nc3cc(C(=O)OC)n(C)c3)cs2)CC1. The van der Waals surface area contributed by atoms with Crippen molar-refractivity contribution in [2.75, 3.05) is 31.3 Å². The lowest BCUT2D eigenvalue weighted by atomic mass is 9.97. The van der Waals surface area contributed by atoms with Gasteiger partial charge in [-0.1, -0.05) is 6.08 Å². The van der Waals surface area contributed by atoms with Crippen LogP contribution in [0.3, 0.4) is 0 Å². The Balaban J connectivity index is 1.36. The van der Waals surface area contributed by atoms with Crippen molar-refractivity contribution >= 4 is 46.6 Å². The number of esters is 1. The summed E-state index contributed by atoms with van der Waals surface area (Å²) in [6.07, 6.45) is 6.68. The summed E-state index contributed by atoms with van der Waals surface area (Å²) in [6, 6.07) is 5.17. The number of thioether (sulfide) groups is 1. The van der Waals surface area contributed by atoms with E-state index in [1.165, 1.54) is 30.2 Å². The molecular formula is C25H27N5O4S2. The highest BCUT2D eigenvalue weighted by molar-refractivity contribution is 7.99. The molecule has 0 radical (unpaired) electrons. The number of aryl methyl sites for hydroxylation is 1. The Morgan fingerprint density at radius 1 is 1.33 bits per heavy atom. The van der Waals surface area contributed by atoms with Crippen LogP contribution in [0, 0.1) is 0 Å². The van der Waals surface area contributed by atoms with Crippen LogP contribution in [0.15, 0.2) is 53.7 Å². The number of nitrogens with one attached hydrogen (secondary N) is 1. The number of hydrogen-bond acceptors (Lipinski definition) is 8. The number of likely N-dealkylation sites (tertiary alicyclic amines) is 1. The summed E-state index contributed by atoms with van der Waals surface area (Å²) in [5.74, 6) is 0.0475. The first kappa shape index (κ1) is 25.6. The summed E-state index contributed by atoms with van der Waals surface area (Å²) in [4.78, 5) is 48.4. The summed E-state index contributed by atoms with van der Waals surface area (Å²) in [7, 11) is 3.01. The number of carbonyl (C=O) groups is 3. The number of nitrogens with zero attached hydrogens (tertiary/aromatic N) is 4. The number of carbonyl (C=O) groups excluding carboxylic acids is 3. The molecule has 0 aliphatic carbocycles. The maximum absolute atomic E-state index is 13.1. The Morgan fingerprint density at radius 3 is 2.83 bits per heavy atom. The summed E-state index contributed by atoms with van der Waals surface area (Å²) < 4.78 is 6.34. The van der Waals surface area contributed by atoms with Crippen molar-refractivity contribution in [2.24, 2.45) is 7.05 Å². The number of ether oxygens (including phenoxy) is 1. The number of hydrogen-bond donors (Lipinski definition) is 1. The van der Waals surface area contributed by atoms with Crippen LogP contribution in [0.25, 0.3) is 0 Å². The third-order valence-electron chi connectivity index (χ3n) is 5.88. The van der Waals surface area contributed by atoms with E-state index in [-0.39, 0.29) is 17.7 Å². The van der Waals surface area contributed by atoms with Gasteiger partial charge in [0.25, 0.3) is 11.8 Å². The largest absolute Gasteiger partial charge is 0.464 e. The van der Waals surface area contributed by atoms with Gasteiger partial charge in [-0.05, 0) is 31.0 Å². The molecule has 0 unspecified atom stereocenters. The fourth-order valence-corrected chi connectivity index (χ4v) is 5.71. The Hall–Kier alpha value is -3.44. The molecule has 188 valence electrons. The molecule has 1 fully saturated rings. The van der Waals surface area contributed by atoms with Crippen molar-refractivity contribution in [1.29, 1.82) is 0 Å². The van der Waals surface area contributed by atoms with E-state index in [1.54, 1.807) is 47.6 Å². The number of anilines is 1. The van der Waals surface area contributed by atoms with Crippen molar-refractivity contribution in [3.05, 3.63) is 70.6 Å². The quantitative estimate of drug-likeness (QED) is 0.267. The minimum atomic E-state index is -0.478. The molecule has 4 heterocycles. The Labute approximate surface area is 217 Å². The average molecular weight is 526 g/mol. The first-order chi connectivity index (χ1) is 17.4. The van der Waals surface area contributed by atoms with Crippen molar-refractivity contribution < 1.29 is 19.1 Å². The maximum atomic E-state index is 13.1. The summed E-state index contributed by atoms with van der Waals surface area (Å²) >= 11 is 2.95. The minimum Gasteiger partial charge on any atom is -0.464 e. The molecule has 0 saturated carbocycles. The van der Waals surface area contributed by atoms with Gasteiger partial charge in [-0.3, -0.25) is 9.59 Å². The monoisotopic (exact) mass is 525 g/mol. The van der Waals surface area contributed by atoms with Gasteiger partial charge < -0.3 is 19.5 Å². The van der Waals surface area contributed by atoms with E-state index >= 15 is 0 Å². The predicted molar refractivity (Wildman–Crippen MR) is 140 cm³/mol. The van der Waals surface area contributed by atoms with Crippen molar-refractivity contribution in [1.82, 2.24) is 19.4 Å². The van der Waals surface area contributed by atoms with Crippen LogP contribution in [0.2, 0.25) is 0 Å². The number of rotatable bonds is 8. The van der Waals surface area contributed by atoms with Gasteiger partial charge in [-0.15, -0.1) is 29.7 Å². The Kier molecular flexibility index (Phi) is 8.21. The van der Waals surface area contributed by atoms with E-state index in [9.17, 15) is 14.4 Å². The van der Waals surface area contributed by atoms with E-state index in [1.807, 2.05) is 11.0 Å². The number of thiazole rings is 1. The molecule has 1 aliphatic rings. The first-order valence-corrected chi connectivity index (χ1v) is 13.3. The van der Waals surface area contributed by atoms with Gasteiger partial charge >= 0.3 is 5.97 Å². The molecule has 3 aromatic heterocycles. The second-order valence-electron chi connectivity index (χ2n) is 8.26. The second kappa shape index (κ2) is 11.5. The van der Waals surface area contributed by atoms with Crippen molar-refractivity contribution in [3.63, 3.8) is 0 Å². The van der Waals surface area contributed by atoms with Crippen LogP contribution in [0.1, 0.15) is 55.1 Å². The molecule has 11 heteroatoms. The van der Waals surface area contributed by atoms with Crippen LogP contribution >= 0.6 is 23.1 Å². The molecule has 36 heavy (non-hydrogen) atoms. The molecule has 1 aliphatic heterocycles. The zero-order valence-corrected chi connectivity index (χ0v) is 21.7. The fraction of sp³-hybridized carbons (Fsp3) is 0.320. The van der Waals surface area contributed by atoms with E-state index < -0.39 is 5.97 Å². The number of piperidine rings is 1. The summed E-state index contributed by atoms with van der Waals surface area (Å²) in [6.45, 7) is 4.97. The van der Waals surface area contributed by atoms with Crippen LogP contribution in [0.5, 0.6) is 0 Å². The number of amides is 2. The molecule has 3 aromatic rings. The van der Waals surface area contributed by atoms with Crippen LogP contribution in [-0.4, -0.2) is 63.2 Å². The lowest BCUT2D eigenvalue weighted by Crippen LogP contribution is -2.38. The average Bonchev–Trinajstić information content (AvgIpc) is 3.54. The number of pyridine rings is 1. The van der Waals surface area contributed by atoms with Gasteiger partial charge in [-0.25, -0.2) is 14.8 Å². The van der Waals surface area contributed by atoms with Gasteiger partial charge in [0.05, 0.1) is 23.4 Å². The minimum absolute atomic E-state index is 0.0125. The highest BCUT2D eigenvalue weighted by atomic mass is 32.2. The molecule has 9 nitrogen and oxygen atoms in total. The van der Waals surface area contributed by atoms with Gasteiger partial charge in [0.1, 0.15) is 16.4 Å². The van der Waals surface area contributed by atoms with E-state index in [2.05, 4.69) is 21.9 Å². The third kappa shape index (κ3) is 5.68. The normalized spacial score (nSPS) is 13.9. The molecular weight excluding hydrogens is 498 g/mol. The highest BCUT2D eigenvalue weighted by Gasteiger charge is 2.28. The third-order valence-corrected chi connectivity index (χ3v) is 7.89. The standard InChI is InChI=1S/C25H27N5O4S2/c1-4-12-35-23-18(6-5-9-26-23)24(32)30-10-7-16(8-11-30)22-28-19(15-36-22)21(31)27-17-13-20(25(33)34-3)29(2)14-17/h4-6,9,13-16H,1,7-8,10-12H2,2-3H3,(H,27,31). The summed E-state index contributed by atoms with van der Waals surface area (Å²) in [5.41, 5.74) is 1.78. The molecule has 2 amide bonds. The highest BCUT2D eigenvalue weighted by Crippen LogP contribution is 2.32. The molecule has 1 N–H and O–H groups in total. The molecule has 0 atom stereocenters. The van der Waals surface area contributed by atoms with Gasteiger partial charge in [0.2, 0.25) is 0 Å². The number of methoxy groups -OCH3 is 1. The molecule has 0 spiro atoms. The van der Waals surface area contributed by atoms with E-state index in [4.69, 9.17) is 4.74 Å². The fourth-order valence-electron chi connectivity index (χ4n) is 4.02. The molecule has 1 saturated heterocycles. The van der Waals surface area contributed by atoms with Crippen LogP contribution in [-0.2, 0) is 11.8 Å². The van der Waals surface area contributed by atoms with Crippen molar-refractivity contribution in [3.8, 4) is 0 Å². The molecule has 0 aromatic carbocycles.